The third-order valence-electron chi connectivity index (χ3n) is 3.85. The molecule has 4 aromatic rings. The van der Waals surface area contributed by atoms with Crippen LogP contribution in [0.5, 0.6) is 5.75 Å². The first-order chi connectivity index (χ1) is 14.2. The fraction of sp³-hybridized carbons (Fsp3) is 0.158. The second kappa shape index (κ2) is 9.21. The number of nitrogens with zero attached hydrogens (tertiary/aromatic N) is 3. The van der Waals surface area contributed by atoms with Crippen molar-refractivity contribution < 1.29 is 9.53 Å². The molecule has 2 heterocycles. The standard InChI is InChI=1S/C19H16N4O3S3/c24-16(12-23-14-8-4-5-9-15(14)28-19(23)25)20-17-21-22-18(29-17)27-11-10-26-13-6-2-1-3-7-13/h1-9H,10-12H2,(H,20,21,24). The average molecular weight is 445 g/mol. The van der Waals surface area contributed by atoms with Crippen LogP contribution in [0.1, 0.15) is 0 Å². The van der Waals surface area contributed by atoms with E-state index in [1.54, 1.807) is 0 Å². The van der Waals surface area contributed by atoms with Gasteiger partial charge < -0.3 is 4.74 Å². The summed E-state index contributed by atoms with van der Waals surface area (Å²) < 4.78 is 8.71. The molecular weight excluding hydrogens is 428 g/mol. The van der Waals surface area contributed by atoms with Crippen LogP contribution in [0.15, 0.2) is 63.7 Å². The van der Waals surface area contributed by atoms with E-state index in [0.717, 1.165) is 31.6 Å². The summed E-state index contributed by atoms with van der Waals surface area (Å²) in [7, 11) is 0. The van der Waals surface area contributed by atoms with Crippen molar-refractivity contribution in [2.45, 2.75) is 10.9 Å². The highest BCUT2D eigenvalue weighted by Crippen LogP contribution is 2.25. The van der Waals surface area contributed by atoms with Crippen molar-refractivity contribution in [2.75, 3.05) is 17.7 Å². The van der Waals surface area contributed by atoms with Gasteiger partial charge in [0.25, 0.3) is 0 Å². The molecule has 1 amide bonds. The van der Waals surface area contributed by atoms with Crippen molar-refractivity contribution in [2.24, 2.45) is 0 Å². The van der Waals surface area contributed by atoms with Crippen LogP contribution in [0.25, 0.3) is 10.2 Å². The van der Waals surface area contributed by atoms with Crippen LogP contribution < -0.4 is 14.9 Å². The number of carbonyl (C=O) groups excluding carboxylic acids is 1. The molecule has 2 aromatic heterocycles. The molecule has 0 unspecified atom stereocenters. The molecule has 0 aliphatic rings. The Bertz CT molecular complexity index is 1170. The largest absolute Gasteiger partial charge is 0.493 e. The number of anilines is 1. The number of nitrogens with one attached hydrogen (secondary N) is 1. The lowest BCUT2D eigenvalue weighted by atomic mass is 10.3. The van der Waals surface area contributed by atoms with Gasteiger partial charge in [0, 0.05) is 5.75 Å². The number of thioether (sulfide) groups is 1. The number of amides is 1. The molecule has 0 bridgehead atoms. The van der Waals surface area contributed by atoms with Crippen LogP contribution in [-0.4, -0.2) is 33.0 Å². The van der Waals surface area contributed by atoms with Crippen molar-refractivity contribution >= 4 is 55.7 Å². The second-order valence-electron chi connectivity index (χ2n) is 5.85. The summed E-state index contributed by atoms with van der Waals surface area (Å²) >= 11 is 3.94. The van der Waals surface area contributed by atoms with E-state index in [1.165, 1.54) is 27.7 Å². The summed E-state index contributed by atoms with van der Waals surface area (Å²) in [5, 5.41) is 11.2. The molecular formula is C19H16N4O3S3. The number of fused-ring (bicyclic) bond motifs is 1. The highest BCUT2D eigenvalue weighted by atomic mass is 32.2. The van der Waals surface area contributed by atoms with Crippen LogP contribution >= 0.6 is 34.4 Å². The van der Waals surface area contributed by atoms with Gasteiger partial charge in [0.2, 0.25) is 11.0 Å². The number of thiazole rings is 1. The topological polar surface area (TPSA) is 86.1 Å². The lowest BCUT2D eigenvalue weighted by Crippen LogP contribution is -2.24. The summed E-state index contributed by atoms with van der Waals surface area (Å²) in [5.41, 5.74) is 0.754. The van der Waals surface area contributed by atoms with Gasteiger partial charge in [0.15, 0.2) is 4.34 Å². The Labute approximate surface area is 178 Å². The molecule has 0 radical (unpaired) electrons. The first kappa shape index (κ1) is 19.6. The maximum Gasteiger partial charge on any atom is 0.308 e. The van der Waals surface area contributed by atoms with Gasteiger partial charge in [-0.15, -0.1) is 10.2 Å². The number of benzene rings is 2. The molecule has 0 spiro atoms. The number of para-hydroxylation sites is 2. The van der Waals surface area contributed by atoms with Gasteiger partial charge in [-0.3, -0.25) is 19.5 Å². The smallest absolute Gasteiger partial charge is 0.308 e. The van der Waals surface area contributed by atoms with E-state index in [4.69, 9.17) is 4.74 Å². The van der Waals surface area contributed by atoms with Gasteiger partial charge in [-0.2, -0.15) is 0 Å². The van der Waals surface area contributed by atoms with E-state index in [0.29, 0.717) is 17.5 Å². The number of hydrogen-bond donors (Lipinski definition) is 1. The lowest BCUT2D eigenvalue weighted by molar-refractivity contribution is -0.116. The Morgan fingerprint density at radius 2 is 1.86 bits per heavy atom. The van der Waals surface area contributed by atoms with Crippen LogP contribution in [0.2, 0.25) is 0 Å². The predicted octanol–water partition coefficient (Wildman–Crippen LogP) is 3.72. The predicted molar refractivity (Wildman–Crippen MR) is 117 cm³/mol. The molecule has 1 N–H and O–H groups in total. The Hall–Kier alpha value is -2.69. The molecule has 0 atom stereocenters. The number of rotatable bonds is 8. The molecule has 0 fully saturated rings. The molecule has 0 aliphatic heterocycles. The van der Waals surface area contributed by atoms with E-state index in [1.807, 2.05) is 54.6 Å². The van der Waals surface area contributed by atoms with E-state index in [2.05, 4.69) is 15.5 Å². The fourth-order valence-electron chi connectivity index (χ4n) is 2.59. The minimum atomic E-state index is -0.309. The van der Waals surface area contributed by atoms with Crippen molar-refractivity contribution in [3.05, 3.63) is 64.3 Å². The van der Waals surface area contributed by atoms with Gasteiger partial charge in [0.05, 0.1) is 16.8 Å². The van der Waals surface area contributed by atoms with Crippen LogP contribution in [0.3, 0.4) is 0 Å². The maximum atomic E-state index is 12.3. The molecule has 148 valence electrons. The molecule has 0 saturated carbocycles. The summed E-state index contributed by atoms with van der Waals surface area (Å²) in [6.07, 6.45) is 0. The zero-order chi connectivity index (χ0) is 20.1. The SMILES string of the molecule is O=C(Cn1c(=O)sc2ccccc21)Nc1nnc(SCCOc2ccccc2)s1. The molecule has 29 heavy (non-hydrogen) atoms. The molecule has 0 saturated heterocycles. The van der Waals surface area contributed by atoms with Crippen LogP contribution in [-0.2, 0) is 11.3 Å². The summed E-state index contributed by atoms with van der Waals surface area (Å²) in [4.78, 5) is 24.3. The third-order valence-corrected chi connectivity index (χ3v) is 6.75. The van der Waals surface area contributed by atoms with Gasteiger partial charge in [-0.1, -0.05) is 64.8 Å². The highest BCUT2D eigenvalue weighted by molar-refractivity contribution is 8.01. The molecule has 2 aromatic carbocycles. The normalized spacial score (nSPS) is 10.9. The Morgan fingerprint density at radius 3 is 2.72 bits per heavy atom. The number of ether oxygens (including phenoxy) is 1. The summed E-state index contributed by atoms with van der Waals surface area (Å²) in [5.74, 6) is 1.23. The highest BCUT2D eigenvalue weighted by Gasteiger charge is 2.13. The summed E-state index contributed by atoms with van der Waals surface area (Å²) in [6, 6.07) is 17.0. The quantitative estimate of drug-likeness (QED) is 0.253. The zero-order valence-corrected chi connectivity index (χ0v) is 17.6. The molecule has 7 nitrogen and oxygen atoms in total. The summed E-state index contributed by atoms with van der Waals surface area (Å²) in [6.45, 7) is 0.486. The van der Waals surface area contributed by atoms with Crippen molar-refractivity contribution in [3.63, 3.8) is 0 Å². The van der Waals surface area contributed by atoms with Crippen molar-refractivity contribution in [1.82, 2.24) is 14.8 Å². The molecule has 0 aliphatic carbocycles. The number of hydrogen-bond acceptors (Lipinski definition) is 8. The molecule has 4 rings (SSSR count). The average Bonchev–Trinajstić information content (AvgIpc) is 3.30. The van der Waals surface area contributed by atoms with Gasteiger partial charge >= 0.3 is 4.87 Å². The van der Waals surface area contributed by atoms with E-state index >= 15 is 0 Å². The first-order valence-electron chi connectivity index (χ1n) is 8.71. The Morgan fingerprint density at radius 1 is 1.07 bits per heavy atom. The third kappa shape index (κ3) is 5.03. The van der Waals surface area contributed by atoms with Crippen LogP contribution in [0, 0.1) is 0 Å². The van der Waals surface area contributed by atoms with Crippen molar-refractivity contribution in [3.8, 4) is 5.75 Å². The lowest BCUT2D eigenvalue weighted by Gasteiger charge is -2.04. The van der Waals surface area contributed by atoms with Crippen LogP contribution in [0.4, 0.5) is 5.13 Å². The number of carbonyl (C=O) groups is 1. The minimum Gasteiger partial charge on any atom is -0.493 e. The van der Waals surface area contributed by atoms with Gasteiger partial charge in [-0.25, -0.2) is 0 Å². The van der Waals surface area contributed by atoms with Gasteiger partial charge in [0.1, 0.15) is 12.3 Å². The fourth-order valence-corrected chi connectivity index (χ4v) is 5.14. The Kier molecular flexibility index (Phi) is 6.23. The monoisotopic (exact) mass is 444 g/mol. The first-order valence-corrected chi connectivity index (χ1v) is 11.3. The maximum absolute atomic E-state index is 12.3. The van der Waals surface area contributed by atoms with Crippen molar-refractivity contribution in [1.29, 1.82) is 0 Å². The van der Waals surface area contributed by atoms with E-state index in [-0.39, 0.29) is 17.3 Å². The number of aromatic nitrogens is 3. The zero-order valence-electron chi connectivity index (χ0n) is 15.1. The molecule has 10 heteroatoms. The second-order valence-corrected chi connectivity index (χ2v) is 9.17. The van der Waals surface area contributed by atoms with E-state index < -0.39 is 0 Å². The Balaban J connectivity index is 1.29. The van der Waals surface area contributed by atoms with Gasteiger partial charge in [-0.05, 0) is 24.3 Å². The minimum absolute atomic E-state index is 0.0597. The van der Waals surface area contributed by atoms with E-state index in [9.17, 15) is 9.59 Å².